The number of carbonyl (C=O) groups excluding carboxylic acids is 2. The summed E-state index contributed by atoms with van der Waals surface area (Å²) in [5.74, 6) is -1.08. The van der Waals surface area contributed by atoms with Crippen molar-refractivity contribution < 1.29 is 19.3 Å². The van der Waals surface area contributed by atoms with Crippen molar-refractivity contribution in [1.82, 2.24) is 0 Å². The molecule has 6 nitrogen and oxygen atoms in total. The zero-order chi connectivity index (χ0) is 12.0. The number of hydrogen-bond acceptors (Lipinski definition) is 6. The van der Waals surface area contributed by atoms with Crippen LogP contribution in [-0.2, 0) is 19.3 Å². The summed E-state index contributed by atoms with van der Waals surface area (Å²) in [4.78, 5) is 30.0. The highest BCUT2D eigenvalue weighted by molar-refractivity contribution is 6.50. The second-order valence-electron chi connectivity index (χ2n) is 2.84. The molecule has 0 aromatic heterocycles. The van der Waals surface area contributed by atoms with Gasteiger partial charge in [0.15, 0.2) is 0 Å². The summed E-state index contributed by atoms with van der Waals surface area (Å²) < 4.78 is 0. The molecule has 0 radical (unpaired) electrons. The van der Waals surface area contributed by atoms with E-state index in [2.05, 4.69) is 20.0 Å². The molecule has 0 aromatic carbocycles. The minimum atomic E-state index is -0.540. The van der Waals surface area contributed by atoms with Crippen LogP contribution in [0, 0.1) is 0 Å². The Morgan fingerprint density at radius 1 is 0.938 bits per heavy atom. The third-order valence-corrected chi connectivity index (χ3v) is 1.43. The number of rotatable bonds is 2. The van der Waals surface area contributed by atoms with E-state index in [0.717, 1.165) is 0 Å². The third kappa shape index (κ3) is 3.87. The zero-order valence-corrected chi connectivity index (χ0v) is 8.84. The van der Waals surface area contributed by atoms with E-state index >= 15 is 0 Å². The second-order valence-corrected chi connectivity index (χ2v) is 2.84. The largest absolute Gasteiger partial charge is 0.332 e. The summed E-state index contributed by atoms with van der Waals surface area (Å²) in [6, 6.07) is 0. The SMILES string of the molecule is CC(=O)ON=C1C=CC=CC1=NOC(C)=O. The summed E-state index contributed by atoms with van der Waals surface area (Å²) in [6.07, 6.45) is 6.53. The number of oxime groups is 2. The van der Waals surface area contributed by atoms with Crippen LogP contribution in [0.4, 0.5) is 0 Å². The van der Waals surface area contributed by atoms with Gasteiger partial charge < -0.3 is 9.68 Å². The maximum atomic E-state index is 10.6. The minimum absolute atomic E-state index is 0.305. The monoisotopic (exact) mass is 222 g/mol. The summed E-state index contributed by atoms with van der Waals surface area (Å²) >= 11 is 0. The van der Waals surface area contributed by atoms with Gasteiger partial charge in [-0.25, -0.2) is 9.59 Å². The molecule has 16 heavy (non-hydrogen) atoms. The molecule has 0 N–H and O–H groups in total. The summed E-state index contributed by atoms with van der Waals surface area (Å²) in [5, 5.41) is 7.10. The highest BCUT2D eigenvalue weighted by atomic mass is 16.7. The van der Waals surface area contributed by atoms with Crippen molar-refractivity contribution in [3.8, 4) is 0 Å². The predicted octanol–water partition coefficient (Wildman–Crippen LogP) is 0.951. The molecule has 0 bridgehead atoms. The number of hydrogen-bond donors (Lipinski definition) is 0. The molecule has 0 atom stereocenters. The van der Waals surface area contributed by atoms with Crippen LogP contribution in [0.15, 0.2) is 34.6 Å². The molecule has 0 spiro atoms. The molecule has 0 saturated carbocycles. The molecule has 0 saturated heterocycles. The standard InChI is InChI=1S/C10H10N2O4/c1-7(13)15-11-9-5-3-4-6-10(9)12-16-8(2)14/h3-6H,1-2H3. The van der Waals surface area contributed by atoms with Crippen LogP contribution in [0.1, 0.15) is 13.8 Å². The fraction of sp³-hybridized carbons (Fsp3) is 0.200. The van der Waals surface area contributed by atoms with Gasteiger partial charge in [0.1, 0.15) is 11.4 Å². The Balaban J connectivity index is 2.81. The highest BCUT2D eigenvalue weighted by Gasteiger charge is 2.08. The molecular weight excluding hydrogens is 212 g/mol. The zero-order valence-electron chi connectivity index (χ0n) is 8.84. The second kappa shape index (κ2) is 5.59. The van der Waals surface area contributed by atoms with E-state index in [9.17, 15) is 9.59 Å². The molecule has 0 unspecified atom stereocenters. The van der Waals surface area contributed by atoms with Crippen LogP contribution in [-0.4, -0.2) is 23.4 Å². The number of allylic oxidation sites excluding steroid dienone is 4. The van der Waals surface area contributed by atoms with Gasteiger partial charge in [0.2, 0.25) is 0 Å². The Bertz CT molecular complexity index is 379. The van der Waals surface area contributed by atoms with Crippen LogP contribution in [0.2, 0.25) is 0 Å². The smallest absolute Gasteiger partial charge is 0.318 e. The molecule has 0 aromatic rings. The normalized spacial score (nSPS) is 18.9. The van der Waals surface area contributed by atoms with Gasteiger partial charge in [0.05, 0.1) is 0 Å². The lowest BCUT2D eigenvalue weighted by atomic mass is 10.1. The molecule has 1 rings (SSSR count). The van der Waals surface area contributed by atoms with Crippen LogP contribution < -0.4 is 0 Å². The molecule has 0 fully saturated rings. The van der Waals surface area contributed by atoms with E-state index in [0.29, 0.717) is 11.4 Å². The maximum Gasteiger partial charge on any atom is 0.332 e. The summed E-state index contributed by atoms with van der Waals surface area (Å²) in [7, 11) is 0. The van der Waals surface area contributed by atoms with Crippen molar-refractivity contribution in [2.45, 2.75) is 13.8 Å². The van der Waals surface area contributed by atoms with Crippen molar-refractivity contribution in [3.05, 3.63) is 24.3 Å². The fourth-order valence-corrected chi connectivity index (χ4v) is 0.845. The first-order valence-electron chi connectivity index (χ1n) is 4.46. The molecule has 0 amide bonds. The van der Waals surface area contributed by atoms with Gasteiger partial charge in [-0.05, 0) is 12.2 Å². The topological polar surface area (TPSA) is 77.3 Å². The summed E-state index contributed by atoms with van der Waals surface area (Å²) in [5.41, 5.74) is 0.609. The van der Waals surface area contributed by atoms with Crippen molar-refractivity contribution >= 4 is 23.4 Å². The van der Waals surface area contributed by atoms with Crippen molar-refractivity contribution in [2.75, 3.05) is 0 Å². The van der Waals surface area contributed by atoms with Crippen LogP contribution in [0.25, 0.3) is 0 Å². The van der Waals surface area contributed by atoms with Gasteiger partial charge in [-0.3, -0.25) is 0 Å². The molecular formula is C10H10N2O4. The maximum absolute atomic E-state index is 10.6. The Hall–Kier alpha value is -2.24. The van der Waals surface area contributed by atoms with Gasteiger partial charge in [0, 0.05) is 13.8 Å². The quantitative estimate of drug-likeness (QED) is 0.396. The van der Waals surface area contributed by atoms with E-state index in [1.807, 2.05) is 0 Å². The Kier molecular flexibility index (Phi) is 4.14. The molecule has 0 aliphatic heterocycles. The first-order valence-corrected chi connectivity index (χ1v) is 4.46. The Labute approximate surface area is 91.9 Å². The molecule has 1 aliphatic rings. The average molecular weight is 222 g/mol. The summed E-state index contributed by atoms with van der Waals surface area (Å²) in [6.45, 7) is 2.46. The van der Waals surface area contributed by atoms with Crippen molar-refractivity contribution in [2.24, 2.45) is 10.3 Å². The van der Waals surface area contributed by atoms with Gasteiger partial charge in [0.25, 0.3) is 0 Å². The lowest BCUT2D eigenvalue weighted by Gasteiger charge is -2.03. The van der Waals surface area contributed by atoms with E-state index in [4.69, 9.17) is 0 Å². The Morgan fingerprint density at radius 3 is 1.62 bits per heavy atom. The van der Waals surface area contributed by atoms with Gasteiger partial charge in [-0.2, -0.15) is 0 Å². The molecule has 1 aliphatic carbocycles. The lowest BCUT2D eigenvalue weighted by molar-refractivity contribution is -0.142. The van der Waals surface area contributed by atoms with E-state index in [1.54, 1.807) is 24.3 Å². The van der Waals surface area contributed by atoms with Crippen LogP contribution in [0.3, 0.4) is 0 Å². The molecule has 6 heteroatoms. The van der Waals surface area contributed by atoms with Crippen molar-refractivity contribution in [1.29, 1.82) is 0 Å². The van der Waals surface area contributed by atoms with E-state index in [-0.39, 0.29) is 0 Å². The van der Waals surface area contributed by atoms with Gasteiger partial charge in [-0.1, -0.05) is 22.5 Å². The minimum Gasteiger partial charge on any atom is -0.318 e. The molecule has 0 heterocycles. The first-order chi connectivity index (χ1) is 7.59. The van der Waals surface area contributed by atoms with Crippen molar-refractivity contribution in [3.63, 3.8) is 0 Å². The van der Waals surface area contributed by atoms with E-state index in [1.165, 1.54) is 13.8 Å². The van der Waals surface area contributed by atoms with Gasteiger partial charge in [-0.15, -0.1) is 0 Å². The average Bonchev–Trinajstić information content (AvgIpc) is 2.24. The number of carbonyl (C=O) groups is 2. The highest BCUT2D eigenvalue weighted by Crippen LogP contribution is 2.00. The Morgan fingerprint density at radius 2 is 1.31 bits per heavy atom. The lowest BCUT2D eigenvalue weighted by Crippen LogP contribution is -2.14. The first kappa shape index (κ1) is 11.8. The fourth-order valence-electron chi connectivity index (χ4n) is 0.845. The third-order valence-electron chi connectivity index (χ3n) is 1.43. The number of nitrogens with zero attached hydrogens (tertiary/aromatic N) is 2. The van der Waals surface area contributed by atoms with Crippen LogP contribution in [0.5, 0.6) is 0 Å². The van der Waals surface area contributed by atoms with E-state index < -0.39 is 11.9 Å². The predicted molar refractivity (Wildman–Crippen MR) is 56.7 cm³/mol. The van der Waals surface area contributed by atoms with Gasteiger partial charge >= 0.3 is 11.9 Å². The van der Waals surface area contributed by atoms with Crippen LogP contribution >= 0.6 is 0 Å². The molecule has 84 valence electrons.